The first-order chi connectivity index (χ1) is 32.7. The number of fused-ring (bicyclic) bond motifs is 6. The molecule has 69 heavy (non-hydrogen) atoms. The summed E-state index contributed by atoms with van der Waals surface area (Å²) in [6, 6.07) is 13.5. The lowest BCUT2D eigenvalue weighted by Gasteiger charge is -2.36. The number of rotatable bonds is 11. The van der Waals surface area contributed by atoms with Crippen molar-refractivity contribution in [2.24, 2.45) is 17.3 Å². The standard InChI is InChI=1S/C44H58N6O6.C9H16N2O2/c1-10-49-37-16-15-29-23-33(37)34(40(49)32-13-11-17-45-38(32)27(4)55-9)24-44(5,6)25-56-43(54)35-14-12-18-50(47-35)42(53)36(21-28-19-30(29)22-31(51)20-28)46-41(52)39(26(2)3)48(7)8;1-10(2)6-9(13)11-4-3-8(5-11)7-12/h11,13,15-17,19-20,22-23,26-27,35-36,39,47,51H,10,12,14,18,21,24-25H2,1-9H3,(H,46,52);7-8H,3-6H2,1-2H3/t27?,35-,36?,39?;/m0./s1. The minimum Gasteiger partial charge on any atom is -0.508 e. The second kappa shape index (κ2) is 22.8. The minimum absolute atomic E-state index is 0.0146. The number of hydrogen-bond acceptors (Lipinski definition) is 12. The van der Waals surface area contributed by atoms with Crippen molar-refractivity contribution in [1.82, 2.24) is 40.0 Å². The molecule has 5 atom stereocenters. The number of carbonyl (C=O) groups is 5. The van der Waals surface area contributed by atoms with E-state index < -0.39 is 29.5 Å². The van der Waals surface area contributed by atoms with Crippen LogP contribution in [0.1, 0.15) is 83.7 Å². The number of aryl methyl sites for hydroxylation is 1. The van der Waals surface area contributed by atoms with E-state index in [4.69, 9.17) is 14.5 Å². The normalized spacial score (nSPS) is 20.6. The Balaban J connectivity index is 0.000000521. The van der Waals surface area contributed by atoms with E-state index in [1.54, 1.807) is 30.3 Å². The first kappa shape index (κ1) is 52.7. The van der Waals surface area contributed by atoms with E-state index in [1.807, 2.05) is 70.9 Å². The number of carbonyl (C=O) groups excluding carboxylic acids is 5. The molecule has 6 bridgehead atoms. The number of methoxy groups -OCH3 is 1. The second-order valence-electron chi connectivity index (χ2n) is 20.4. The number of pyridine rings is 1. The molecule has 0 radical (unpaired) electrons. The van der Waals surface area contributed by atoms with Crippen LogP contribution in [0.5, 0.6) is 5.75 Å². The number of likely N-dealkylation sites (N-methyl/N-ethyl adjacent to an activating group) is 2. The molecule has 7 rings (SSSR count). The summed E-state index contributed by atoms with van der Waals surface area (Å²) in [4.78, 5) is 74.1. The van der Waals surface area contributed by atoms with Crippen LogP contribution in [0.3, 0.4) is 0 Å². The molecule has 0 saturated carbocycles. The Bertz CT molecular complexity index is 2470. The number of cyclic esters (lactones) is 1. The number of likely N-dealkylation sites (tertiary alicyclic amines) is 1. The SMILES string of the molecule is CCn1c(-c2cccnc2C(C)OC)c2c3cc(ccc31)-c1cc(O)cc(c1)CC(NC(=O)C(C(C)C)N(C)C)C(=O)N1CCC[C@H](N1)C(=O)OCC(C)(C)C2.CN(C)CC(=O)N1CCC(C=O)C1. The molecular formula is C53H74N8O8. The minimum atomic E-state index is -0.975. The highest BCUT2D eigenvalue weighted by Gasteiger charge is 2.37. The lowest BCUT2D eigenvalue weighted by Crippen LogP contribution is -2.61. The van der Waals surface area contributed by atoms with Crippen LogP contribution in [0.25, 0.3) is 33.3 Å². The average molecular weight is 951 g/mol. The van der Waals surface area contributed by atoms with Crippen LogP contribution in [0.15, 0.2) is 54.7 Å². The van der Waals surface area contributed by atoms with Gasteiger partial charge in [0, 0.05) is 73.7 Å². The van der Waals surface area contributed by atoms with Crippen molar-refractivity contribution in [2.75, 3.05) is 68.1 Å². The number of phenolic OH excluding ortho intramolecular Hbond substituents is 1. The highest BCUT2D eigenvalue weighted by atomic mass is 16.5. The van der Waals surface area contributed by atoms with E-state index in [0.717, 1.165) is 63.8 Å². The number of ether oxygens (including phenoxy) is 2. The second-order valence-corrected chi connectivity index (χ2v) is 20.4. The van der Waals surface area contributed by atoms with Crippen molar-refractivity contribution < 1.29 is 38.6 Å². The van der Waals surface area contributed by atoms with Gasteiger partial charge in [0.05, 0.1) is 36.7 Å². The van der Waals surface area contributed by atoms with E-state index in [0.29, 0.717) is 51.0 Å². The Kier molecular flexibility index (Phi) is 17.4. The van der Waals surface area contributed by atoms with Crippen molar-refractivity contribution in [3.63, 3.8) is 0 Å². The summed E-state index contributed by atoms with van der Waals surface area (Å²) in [5, 5.41) is 16.7. The van der Waals surface area contributed by atoms with Crippen molar-refractivity contribution in [1.29, 1.82) is 0 Å². The van der Waals surface area contributed by atoms with Gasteiger partial charge >= 0.3 is 5.97 Å². The lowest BCUT2D eigenvalue weighted by molar-refractivity contribution is -0.155. The van der Waals surface area contributed by atoms with Gasteiger partial charge in [-0.15, -0.1) is 0 Å². The van der Waals surface area contributed by atoms with Crippen LogP contribution in [-0.4, -0.2) is 151 Å². The zero-order chi connectivity index (χ0) is 50.3. The zero-order valence-electron chi connectivity index (χ0n) is 42.5. The molecule has 5 heterocycles. The van der Waals surface area contributed by atoms with Gasteiger partial charge in [-0.2, -0.15) is 0 Å². The van der Waals surface area contributed by atoms with Crippen LogP contribution < -0.4 is 10.7 Å². The summed E-state index contributed by atoms with van der Waals surface area (Å²) in [7, 11) is 9.11. The molecule has 0 aliphatic carbocycles. The van der Waals surface area contributed by atoms with Crippen LogP contribution in [0, 0.1) is 17.3 Å². The average Bonchev–Trinajstić information content (AvgIpc) is 3.92. The molecule has 2 fully saturated rings. The largest absolute Gasteiger partial charge is 0.508 e. The van der Waals surface area contributed by atoms with Gasteiger partial charge in [-0.25, -0.2) is 5.43 Å². The number of hydrazine groups is 1. The molecule has 4 unspecified atom stereocenters. The number of hydrogen-bond donors (Lipinski definition) is 3. The molecule has 2 aromatic heterocycles. The molecule has 4 aromatic rings. The lowest BCUT2D eigenvalue weighted by atomic mass is 9.84. The molecule has 3 N–H and O–H groups in total. The number of amides is 3. The topological polar surface area (TPSA) is 179 Å². The molecular weight excluding hydrogens is 877 g/mol. The molecule has 2 aromatic carbocycles. The smallest absolute Gasteiger partial charge is 0.324 e. The maximum atomic E-state index is 14.4. The van der Waals surface area contributed by atoms with Gasteiger partial charge in [0.2, 0.25) is 11.8 Å². The number of nitrogens with zero attached hydrogens (tertiary/aromatic N) is 6. The molecule has 16 heteroatoms. The zero-order valence-corrected chi connectivity index (χ0v) is 42.5. The molecule has 0 spiro atoms. The first-order valence-corrected chi connectivity index (χ1v) is 24.3. The molecule has 16 nitrogen and oxygen atoms in total. The van der Waals surface area contributed by atoms with Gasteiger partial charge in [0.15, 0.2) is 0 Å². The Labute approximate surface area is 407 Å². The van der Waals surface area contributed by atoms with Crippen molar-refractivity contribution in [2.45, 2.75) is 104 Å². The van der Waals surface area contributed by atoms with Gasteiger partial charge in [-0.3, -0.25) is 34.1 Å². The summed E-state index contributed by atoms with van der Waals surface area (Å²) >= 11 is 0. The Morgan fingerprint density at radius 3 is 2.45 bits per heavy atom. The third-order valence-electron chi connectivity index (χ3n) is 13.4. The number of aldehydes is 1. The van der Waals surface area contributed by atoms with Gasteiger partial charge in [-0.05, 0) is 132 Å². The summed E-state index contributed by atoms with van der Waals surface area (Å²) < 4.78 is 14.2. The highest BCUT2D eigenvalue weighted by Crippen LogP contribution is 2.42. The van der Waals surface area contributed by atoms with Gasteiger partial charge in [0.25, 0.3) is 5.91 Å². The van der Waals surface area contributed by atoms with E-state index in [-0.39, 0.29) is 54.4 Å². The van der Waals surface area contributed by atoms with Crippen LogP contribution >= 0.6 is 0 Å². The summed E-state index contributed by atoms with van der Waals surface area (Å²) in [6.45, 7) is 15.3. The predicted octanol–water partition coefficient (Wildman–Crippen LogP) is 5.63. The summed E-state index contributed by atoms with van der Waals surface area (Å²) in [6.07, 6.45) is 5.10. The monoisotopic (exact) mass is 951 g/mol. The fourth-order valence-corrected chi connectivity index (χ4v) is 9.95. The van der Waals surface area contributed by atoms with Crippen molar-refractivity contribution in [3.05, 3.63) is 71.5 Å². The number of aromatic hydroxyl groups is 1. The van der Waals surface area contributed by atoms with E-state index in [1.165, 1.54) is 5.01 Å². The highest BCUT2D eigenvalue weighted by molar-refractivity contribution is 5.96. The van der Waals surface area contributed by atoms with Crippen LogP contribution in [0.4, 0.5) is 0 Å². The van der Waals surface area contributed by atoms with Crippen LogP contribution in [-0.2, 0) is 52.8 Å². The molecule has 2 saturated heterocycles. The molecule has 374 valence electrons. The molecule has 3 amide bonds. The van der Waals surface area contributed by atoms with Gasteiger partial charge in [0.1, 0.15) is 24.1 Å². The number of aromatic nitrogens is 2. The summed E-state index contributed by atoms with van der Waals surface area (Å²) in [5.74, 6) is -0.838. The summed E-state index contributed by atoms with van der Waals surface area (Å²) in [5.41, 5.74) is 9.99. The van der Waals surface area contributed by atoms with Crippen molar-refractivity contribution in [3.8, 4) is 28.1 Å². The maximum Gasteiger partial charge on any atom is 0.324 e. The van der Waals surface area contributed by atoms with Crippen LogP contribution in [0.2, 0.25) is 0 Å². The molecule has 3 aliphatic heterocycles. The third kappa shape index (κ3) is 12.6. The first-order valence-electron chi connectivity index (χ1n) is 24.3. The number of esters is 1. The Morgan fingerprint density at radius 2 is 1.80 bits per heavy atom. The van der Waals surface area contributed by atoms with Crippen molar-refractivity contribution >= 4 is 40.9 Å². The predicted molar refractivity (Wildman–Crippen MR) is 267 cm³/mol. The number of phenols is 1. The van der Waals surface area contributed by atoms with E-state index >= 15 is 0 Å². The van der Waals surface area contributed by atoms with Gasteiger partial charge < -0.3 is 39.1 Å². The maximum absolute atomic E-state index is 14.4. The third-order valence-corrected chi connectivity index (χ3v) is 13.4. The quantitative estimate of drug-likeness (QED) is 0.125. The fourth-order valence-electron chi connectivity index (χ4n) is 9.95. The van der Waals surface area contributed by atoms with E-state index in [2.05, 4.69) is 60.3 Å². The molecule has 3 aliphatic rings. The van der Waals surface area contributed by atoms with E-state index in [9.17, 15) is 29.1 Å². The number of nitrogens with one attached hydrogen (secondary N) is 2. The Hall–Kier alpha value is -5.68. The fraction of sp³-hybridized carbons (Fsp3) is 0.547. The number of benzene rings is 2. The Morgan fingerprint density at radius 1 is 1.04 bits per heavy atom. The van der Waals surface area contributed by atoms with Gasteiger partial charge in [-0.1, -0.05) is 39.8 Å².